The van der Waals surface area contributed by atoms with Crippen LogP contribution in [-0.2, 0) is 14.8 Å². The highest BCUT2D eigenvalue weighted by Crippen LogP contribution is 2.18. The van der Waals surface area contributed by atoms with Crippen LogP contribution in [0, 0.1) is 0 Å². The van der Waals surface area contributed by atoms with Crippen molar-refractivity contribution in [1.82, 2.24) is 14.2 Å². The Hall–Kier alpha value is -2.12. The van der Waals surface area contributed by atoms with Crippen LogP contribution in [-0.4, -0.2) is 49.6 Å². The molecule has 1 aromatic heterocycles. The summed E-state index contributed by atoms with van der Waals surface area (Å²) in [5, 5.41) is 2.71. The first-order valence-corrected chi connectivity index (χ1v) is 8.88. The molecule has 2 aromatic rings. The van der Waals surface area contributed by atoms with Gasteiger partial charge < -0.3 is 9.88 Å². The fourth-order valence-electron chi connectivity index (χ4n) is 2.20. The van der Waals surface area contributed by atoms with Crippen molar-refractivity contribution in [3.8, 4) is 0 Å². The number of carbonyl (C=O) groups is 1. The lowest BCUT2D eigenvalue weighted by molar-refractivity contribution is -0.123. The molecule has 0 saturated heterocycles. The summed E-state index contributed by atoms with van der Waals surface area (Å²) in [6.07, 6.45) is 3.63. The first-order valence-electron chi connectivity index (χ1n) is 7.27. The Morgan fingerprint density at radius 1 is 1.13 bits per heavy atom. The van der Waals surface area contributed by atoms with Gasteiger partial charge in [0, 0.05) is 33.0 Å². The molecular formula is C16H21N3O3S. The zero-order chi connectivity index (χ0) is 16.9. The molecule has 0 fully saturated rings. The SMILES string of the molecule is CN(C)S(=O)(=O)CCNC(=O)C(c1ccccc1)n1cccc1. The summed E-state index contributed by atoms with van der Waals surface area (Å²) in [5.74, 6) is -0.361. The minimum absolute atomic E-state index is 0.0734. The summed E-state index contributed by atoms with van der Waals surface area (Å²) >= 11 is 0. The van der Waals surface area contributed by atoms with Gasteiger partial charge in [-0.05, 0) is 17.7 Å². The molecule has 23 heavy (non-hydrogen) atoms. The van der Waals surface area contributed by atoms with Crippen LogP contribution in [0.25, 0.3) is 0 Å². The molecule has 0 spiro atoms. The van der Waals surface area contributed by atoms with Crippen LogP contribution in [0.5, 0.6) is 0 Å². The second kappa shape index (κ2) is 7.43. The summed E-state index contributed by atoms with van der Waals surface area (Å²) in [4.78, 5) is 12.6. The molecule has 124 valence electrons. The normalized spacial score (nSPS) is 13.0. The predicted octanol–water partition coefficient (Wildman–Crippen LogP) is 1.09. The maximum absolute atomic E-state index is 12.6. The number of hydrogen-bond acceptors (Lipinski definition) is 3. The number of aromatic nitrogens is 1. The number of rotatable bonds is 7. The maximum Gasteiger partial charge on any atom is 0.247 e. The van der Waals surface area contributed by atoms with Gasteiger partial charge in [-0.3, -0.25) is 4.79 Å². The van der Waals surface area contributed by atoms with E-state index in [9.17, 15) is 13.2 Å². The van der Waals surface area contributed by atoms with Gasteiger partial charge in [0.25, 0.3) is 0 Å². The van der Waals surface area contributed by atoms with E-state index in [-0.39, 0.29) is 18.2 Å². The Morgan fingerprint density at radius 2 is 1.74 bits per heavy atom. The van der Waals surface area contributed by atoms with Crippen LogP contribution >= 0.6 is 0 Å². The highest BCUT2D eigenvalue weighted by atomic mass is 32.2. The van der Waals surface area contributed by atoms with Crippen molar-refractivity contribution in [1.29, 1.82) is 0 Å². The zero-order valence-corrected chi connectivity index (χ0v) is 14.0. The Labute approximate surface area is 136 Å². The molecule has 1 N–H and O–H groups in total. The third-order valence-corrected chi connectivity index (χ3v) is 5.34. The first-order chi connectivity index (χ1) is 10.9. The molecule has 1 heterocycles. The molecule has 0 bridgehead atoms. The minimum atomic E-state index is -3.33. The molecule has 0 aliphatic heterocycles. The van der Waals surface area contributed by atoms with Crippen LogP contribution in [0.4, 0.5) is 0 Å². The third kappa shape index (κ3) is 4.43. The van der Waals surface area contributed by atoms with Gasteiger partial charge in [-0.2, -0.15) is 0 Å². The van der Waals surface area contributed by atoms with Crippen LogP contribution < -0.4 is 5.32 Å². The van der Waals surface area contributed by atoms with Gasteiger partial charge >= 0.3 is 0 Å². The number of amides is 1. The number of sulfonamides is 1. The minimum Gasteiger partial charge on any atom is -0.353 e. The van der Waals surface area contributed by atoms with Gasteiger partial charge in [-0.25, -0.2) is 12.7 Å². The number of benzene rings is 1. The summed E-state index contributed by atoms with van der Waals surface area (Å²) in [6, 6.07) is 12.6. The lowest BCUT2D eigenvalue weighted by Crippen LogP contribution is -2.37. The highest BCUT2D eigenvalue weighted by molar-refractivity contribution is 7.89. The Bertz CT molecular complexity index is 725. The fourth-order valence-corrected chi connectivity index (χ4v) is 2.92. The topological polar surface area (TPSA) is 71.4 Å². The lowest BCUT2D eigenvalue weighted by Gasteiger charge is -2.19. The number of nitrogens with one attached hydrogen (secondary N) is 1. The Balaban J connectivity index is 2.10. The number of hydrogen-bond donors (Lipinski definition) is 1. The van der Waals surface area contributed by atoms with E-state index >= 15 is 0 Å². The molecule has 2 rings (SSSR count). The van der Waals surface area contributed by atoms with Crippen molar-refractivity contribution in [3.63, 3.8) is 0 Å². The molecule has 1 unspecified atom stereocenters. The van der Waals surface area contributed by atoms with Gasteiger partial charge in [0.1, 0.15) is 6.04 Å². The quantitative estimate of drug-likeness (QED) is 0.823. The van der Waals surface area contributed by atoms with Gasteiger partial charge in [-0.15, -0.1) is 0 Å². The van der Waals surface area contributed by atoms with Gasteiger partial charge in [0.2, 0.25) is 15.9 Å². The smallest absolute Gasteiger partial charge is 0.247 e. The maximum atomic E-state index is 12.6. The van der Waals surface area contributed by atoms with Gasteiger partial charge in [0.05, 0.1) is 5.75 Å². The van der Waals surface area contributed by atoms with Crippen molar-refractivity contribution in [2.45, 2.75) is 6.04 Å². The third-order valence-electron chi connectivity index (χ3n) is 3.50. The average molecular weight is 335 g/mol. The number of nitrogens with zero attached hydrogens (tertiary/aromatic N) is 2. The van der Waals surface area contributed by atoms with Gasteiger partial charge in [-0.1, -0.05) is 30.3 Å². The summed E-state index contributed by atoms with van der Waals surface area (Å²) in [6.45, 7) is 0.0734. The lowest BCUT2D eigenvalue weighted by atomic mass is 10.1. The molecule has 7 heteroatoms. The second-order valence-electron chi connectivity index (χ2n) is 5.33. The number of carbonyl (C=O) groups excluding carboxylic acids is 1. The summed E-state index contributed by atoms with van der Waals surface area (Å²) in [5.41, 5.74) is 0.844. The van der Waals surface area contributed by atoms with Crippen molar-refractivity contribution in [3.05, 3.63) is 60.4 Å². The standard InChI is InChI=1S/C16H21N3O3S/c1-18(2)23(21,22)13-10-17-16(20)15(19-11-6-7-12-19)14-8-4-3-5-9-14/h3-9,11-12,15H,10,13H2,1-2H3,(H,17,20). The molecule has 1 atom stereocenters. The van der Waals surface area contributed by atoms with Crippen molar-refractivity contribution in [2.75, 3.05) is 26.4 Å². The van der Waals surface area contributed by atoms with E-state index in [1.807, 2.05) is 54.9 Å². The average Bonchev–Trinajstić information content (AvgIpc) is 3.02. The largest absolute Gasteiger partial charge is 0.353 e. The Kier molecular flexibility index (Phi) is 5.57. The molecule has 0 aliphatic rings. The molecule has 6 nitrogen and oxygen atoms in total. The molecule has 0 radical (unpaired) electrons. The molecule has 0 aliphatic carbocycles. The fraction of sp³-hybridized carbons (Fsp3) is 0.312. The molecule has 1 aromatic carbocycles. The zero-order valence-electron chi connectivity index (χ0n) is 13.2. The van der Waals surface area contributed by atoms with Gasteiger partial charge in [0.15, 0.2) is 0 Å². The highest BCUT2D eigenvalue weighted by Gasteiger charge is 2.22. The van der Waals surface area contributed by atoms with Crippen molar-refractivity contribution in [2.24, 2.45) is 0 Å². The van der Waals surface area contributed by atoms with Crippen molar-refractivity contribution < 1.29 is 13.2 Å². The van der Waals surface area contributed by atoms with Crippen LogP contribution in [0.2, 0.25) is 0 Å². The van der Waals surface area contributed by atoms with Crippen molar-refractivity contribution >= 4 is 15.9 Å². The second-order valence-corrected chi connectivity index (χ2v) is 7.64. The summed E-state index contributed by atoms with van der Waals surface area (Å²) in [7, 11) is -0.374. The van der Waals surface area contributed by atoms with E-state index in [4.69, 9.17) is 0 Å². The predicted molar refractivity (Wildman–Crippen MR) is 89.5 cm³/mol. The van der Waals surface area contributed by atoms with E-state index in [1.165, 1.54) is 14.1 Å². The van der Waals surface area contributed by atoms with Crippen LogP contribution in [0.15, 0.2) is 54.9 Å². The molecule has 0 saturated carbocycles. The Morgan fingerprint density at radius 3 is 2.30 bits per heavy atom. The summed E-state index contributed by atoms with van der Waals surface area (Å²) < 4.78 is 26.4. The van der Waals surface area contributed by atoms with E-state index in [0.29, 0.717) is 0 Å². The molecule has 1 amide bonds. The monoisotopic (exact) mass is 335 g/mol. The van der Waals surface area contributed by atoms with E-state index in [2.05, 4.69) is 5.32 Å². The van der Waals surface area contributed by atoms with Crippen LogP contribution in [0.1, 0.15) is 11.6 Å². The first kappa shape index (κ1) is 17.2. The van der Waals surface area contributed by atoms with E-state index in [1.54, 1.807) is 4.57 Å². The van der Waals surface area contributed by atoms with E-state index in [0.717, 1.165) is 9.87 Å². The van der Waals surface area contributed by atoms with Crippen LogP contribution in [0.3, 0.4) is 0 Å². The van der Waals surface area contributed by atoms with E-state index < -0.39 is 16.1 Å². The molecular weight excluding hydrogens is 314 g/mol.